The van der Waals surface area contributed by atoms with Gasteiger partial charge < -0.3 is 14.0 Å². The number of benzene rings is 4. The molecule has 0 bridgehead atoms. The van der Waals surface area contributed by atoms with Crippen LogP contribution in [0.2, 0.25) is 0 Å². The number of nitrogens with zero attached hydrogens (tertiary/aromatic N) is 3. The predicted molar refractivity (Wildman–Crippen MR) is 146 cm³/mol. The van der Waals surface area contributed by atoms with E-state index in [1.165, 1.54) is 10.8 Å². The van der Waals surface area contributed by atoms with Crippen LogP contribution in [0.1, 0.15) is 11.1 Å². The number of aromatic nitrogens is 2. The Morgan fingerprint density at radius 1 is 1.03 bits per heavy atom. The van der Waals surface area contributed by atoms with Crippen LogP contribution >= 0.6 is 22.6 Å². The number of aryl methyl sites for hydroxylation is 1. The molecule has 0 fully saturated rings. The molecule has 4 aromatic carbocycles. The Balaban J connectivity index is 1.34. The molecule has 0 unspecified atom stereocenters. The van der Waals surface area contributed by atoms with Gasteiger partial charge in [0, 0.05) is 7.05 Å². The lowest BCUT2D eigenvalue weighted by Gasteiger charge is -2.14. The molecule has 0 amide bonds. The van der Waals surface area contributed by atoms with E-state index in [1.807, 2.05) is 60.1 Å². The highest BCUT2D eigenvalue weighted by Gasteiger charge is 2.13. The van der Waals surface area contributed by atoms with Crippen LogP contribution in [0, 0.1) is 3.57 Å². The van der Waals surface area contributed by atoms with Crippen LogP contribution in [0.5, 0.6) is 11.5 Å². The lowest BCUT2D eigenvalue weighted by molar-refractivity contribution is 0.283. The molecular weight excluding hydrogens is 539 g/mol. The van der Waals surface area contributed by atoms with Crippen LogP contribution in [0.25, 0.3) is 21.8 Å². The fraction of sp³-hybridized carbons (Fsp3) is 0.111. The number of hydrogen-bond acceptors (Lipinski definition) is 5. The van der Waals surface area contributed by atoms with Crippen molar-refractivity contribution in [2.45, 2.75) is 6.61 Å². The summed E-state index contributed by atoms with van der Waals surface area (Å²) in [5, 5.41) is 6.77. The Morgan fingerprint density at radius 3 is 2.68 bits per heavy atom. The van der Waals surface area contributed by atoms with Gasteiger partial charge in [-0.2, -0.15) is 5.10 Å². The molecule has 0 aliphatic rings. The first-order chi connectivity index (χ1) is 16.6. The average molecular weight is 562 g/mol. The average Bonchev–Trinajstić information content (AvgIpc) is 3.18. The largest absolute Gasteiger partial charge is 0.493 e. The van der Waals surface area contributed by atoms with E-state index in [0.717, 1.165) is 31.5 Å². The standard InChI is InChI=1S/C27H23IN4O2/c1-32-24-13-6-5-12-23(24)30-27(32)31-29-16-18-14-22(28)26(25(15-18)33-2)34-17-20-10-7-9-19-8-3-4-11-21(19)20/h3-16H,17H2,1-2H3,(H,30,31)/b29-16-. The molecule has 0 saturated carbocycles. The van der Waals surface area contributed by atoms with E-state index in [4.69, 9.17) is 9.47 Å². The smallest absolute Gasteiger partial charge is 0.224 e. The first-order valence-corrected chi connectivity index (χ1v) is 11.9. The molecule has 1 heterocycles. The Morgan fingerprint density at radius 2 is 1.82 bits per heavy atom. The topological polar surface area (TPSA) is 60.7 Å². The minimum atomic E-state index is 0.454. The van der Waals surface area contributed by atoms with Crippen molar-refractivity contribution in [1.29, 1.82) is 0 Å². The number of methoxy groups -OCH3 is 1. The maximum Gasteiger partial charge on any atom is 0.224 e. The molecule has 0 atom stereocenters. The zero-order chi connectivity index (χ0) is 23.5. The number of para-hydroxylation sites is 2. The van der Waals surface area contributed by atoms with E-state index in [1.54, 1.807) is 13.3 Å². The molecule has 0 aliphatic heterocycles. The van der Waals surface area contributed by atoms with Crippen molar-refractivity contribution in [1.82, 2.24) is 9.55 Å². The second kappa shape index (κ2) is 9.72. The number of nitrogens with one attached hydrogen (secondary N) is 1. The molecule has 0 spiro atoms. The normalized spacial score (nSPS) is 11.4. The number of hydrogen-bond donors (Lipinski definition) is 1. The number of rotatable bonds is 7. The fourth-order valence-corrected chi connectivity index (χ4v) is 4.71. The van der Waals surface area contributed by atoms with Gasteiger partial charge in [-0.15, -0.1) is 0 Å². The van der Waals surface area contributed by atoms with Crippen LogP contribution in [-0.4, -0.2) is 22.9 Å². The number of hydrazone groups is 1. The fourth-order valence-electron chi connectivity index (χ4n) is 3.93. The monoisotopic (exact) mass is 562 g/mol. The molecule has 7 heteroatoms. The Hall–Kier alpha value is -3.59. The van der Waals surface area contributed by atoms with Gasteiger partial charge >= 0.3 is 0 Å². The van der Waals surface area contributed by atoms with Gasteiger partial charge in [-0.3, -0.25) is 0 Å². The molecule has 0 radical (unpaired) electrons. The maximum atomic E-state index is 6.23. The number of anilines is 1. The first-order valence-electron chi connectivity index (χ1n) is 10.8. The SMILES string of the molecule is COc1cc(/C=N\Nc2nc3ccccc3n2C)cc(I)c1OCc1cccc2ccccc12. The number of fused-ring (bicyclic) bond motifs is 2. The summed E-state index contributed by atoms with van der Waals surface area (Å²) >= 11 is 2.27. The predicted octanol–water partition coefficient (Wildman–Crippen LogP) is 6.36. The van der Waals surface area contributed by atoms with Gasteiger partial charge in [-0.1, -0.05) is 54.6 Å². The highest BCUT2D eigenvalue weighted by molar-refractivity contribution is 14.1. The second-order valence-corrected chi connectivity index (χ2v) is 8.98. The Labute approximate surface area is 211 Å². The van der Waals surface area contributed by atoms with Gasteiger partial charge in [-0.05, 0) is 68.8 Å². The molecule has 1 aromatic heterocycles. The third-order valence-electron chi connectivity index (χ3n) is 5.67. The summed E-state index contributed by atoms with van der Waals surface area (Å²) < 4.78 is 14.8. The van der Waals surface area contributed by atoms with Crippen LogP contribution in [0.4, 0.5) is 5.95 Å². The van der Waals surface area contributed by atoms with Crippen LogP contribution in [0.3, 0.4) is 0 Å². The van der Waals surface area contributed by atoms with E-state index >= 15 is 0 Å². The van der Waals surface area contributed by atoms with E-state index < -0.39 is 0 Å². The van der Waals surface area contributed by atoms with Crippen molar-refractivity contribution in [2.75, 3.05) is 12.5 Å². The molecule has 0 saturated heterocycles. The summed E-state index contributed by atoms with van der Waals surface area (Å²) in [6, 6.07) is 26.5. The molecule has 34 heavy (non-hydrogen) atoms. The van der Waals surface area contributed by atoms with Gasteiger partial charge in [0.05, 0.1) is 27.9 Å². The molecule has 5 rings (SSSR count). The lowest BCUT2D eigenvalue weighted by atomic mass is 10.1. The molecule has 5 aromatic rings. The third-order valence-corrected chi connectivity index (χ3v) is 6.47. The van der Waals surface area contributed by atoms with Crippen molar-refractivity contribution in [3.63, 3.8) is 0 Å². The van der Waals surface area contributed by atoms with E-state index in [0.29, 0.717) is 18.3 Å². The molecule has 170 valence electrons. The van der Waals surface area contributed by atoms with Crippen molar-refractivity contribution in [3.8, 4) is 11.5 Å². The minimum Gasteiger partial charge on any atom is -0.493 e. The van der Waals surface area contributed by atoms with Gasteiger partial charge in [0.25, 0.3) is 0 Å². The van der Waals surface area contributed by atoms with Gasteiger partial charge in [0.1, 0.15) is 6.61 Å². The van der Waals surface area contributed by atoms with E-state index in [9.17, 15) is 0 Å². The molecular formula is C27H23IN4O2. The van der Waals surface area contributed by atoms with E-state index in [2.05, 4.69) is 68.4 Å². The quantitative estimate of drug-likeness (QED) is 0.142. The summed E-state index contributed by atoms with van der Waals surface area (Å²) in [6.07, 6.45) is 1.75. The number of halogens is 1. The maximum absolute atomic E-state index is 6.23. The van der Waals surface area contributed by atoms with E-state index in [-0.39, 0.29) is 0 Å². The lowest BCUT2D eigenvalue weighted by Crippen LogP contribution is -2.02. The highest BCUT2D eigenvalue weighted by atomic mass is 127. The van der Waals surface area contributed by atoms with Gasteiger partial charge in [0.2, 0.25) is 5.95 Å². The van der Waals surface area contributed by atoms with Crippen LogP contribution < -0.4 is 14.9 Å². The van der Waals surface area contributed by atoms with Gasteiger partial charge in [-0.25, -0.2) is 10.4 Å². The van der Waals surface area contributed by atoms with Crippen molar-refractivity contribution in [2.24, 2.45) is 12.1 Å². The number of imidazole rings is 1. The van der Waals surface area contributed by atoms with Crippen molar-refractivity contribution < 1.29 is 9.47 Å². The third kappa shape index (κ3) is 4.43. The first kappa shape index (κ1) is 22.2. The summed E-state index contributed by atoms with van der Waals surface area (Å²) in [6.45, 7) is 0.454. The van der Waals surface area contributed by atoms with Gasteiger partial charge in [0.15, 0.2) is 11.5 Å². The summed E-state index contributed by atoms with van der Waals surface area (Å²) in [5.74, 6) is 2.06. The zero-order valence-corrected chi connectivity index (χ0v) is 21.0. The Bertz CT molecular complexity index is 1500. The van der Waals surface area contributed by atoms with Crippen molar-refractivity contribution >= 4 is 56.6 Å². The Kier molecular flexibility index (Phi) is 6.35. The molecule has 1 N–H and O–H groups in total. The second-order valence-electron chi connectivity index (χ2n) is 7.81. The molecule has 6 nitrogen and oxygen atoms in total. The number of ether oxygens (including phenoxy) is 2. The zero-order valence-electron chi connectivity index (χ0n) is 18.8. The van der Waals surface area contributed by atoms with Crippen molar-refractivity contribution in [3.05, 3.63) is 93.6 Å². The summed E-state index contributed by atoms with van der Waals surface area (Å²) in [5.41, 5.74) is 7.03. The summed E-state index contributed by atoms with van der Waals surface area (Å²) in [4.78, 5) is 4.58. The summed E-state index contributed by atoms with van der Waals surface area (Å²) in [7, 11) is 3.61. The molecule has 0 aliphatic carbocycles. The van der Waals surface area contributed by atoms with Crippen LogP contribution in [0.15, 0.2) is 84.0 Å². The minimum absolute atomic E-state index is 0.454. The highest BCUT2D eigenvalue weighted by Crippen LogP contribution is 2.34. The van der Waals surface area contributed by atoms with Crippen LogP contribution in [-0.2, 0) is 13.7 Å².